The Kier molecular flexibility index (Phi) is 2.59. The maximum absolute atomic E-state index is 4.35. The highest BCUT2D eigenvalue weighted by Crippen LogP contribution is 2.13. The molecule has 0 atom stereocenters. The summed E-state index contributed by atoms with van der Waals surface area (Å²) < 4.78 is 0. The molecule has 3 aromatic rings. The topological polar surface area (TPSA) is 53.1 Å². The van der Waals surface area contributed by atoms with Crippen molar-refractivity contribution in [1.82, 2.24) is 9.97 Å². The van der Waals surface area contributed by atoms with E-state index in [1.165, 1.54) is 0 Å². The first-order valence-electron chi connectivity index (χ1n) is 5.18. The van der Waals surface area contributed by atoms with Crippen molar-refractivity contribution >= 4 is 34.5 Å². The molecule has 0 radical (unpaired) electrons. The van der Waals surface area contributed by atoms with Gasteiger partial charge in [-0.2, -0.15) is 16.4 Å². The molecular formula is C12H10N4S. The predicted octanol–water partition coefficient (Wildman–Crippen LogP) is 3.07. The lowest BCUT2D eigenvalue weighted by Crippen LogP contribution is -1.91. The zero-order valence-electron chi connectivity index (χ0n) is 8.92. The number of nitrogens with one attached hydrogen (secondary N) is 2. The van der Waals surface area contributed by atoms with Gasteiger partial charge in [0.15, 0.2) is 0 Å². The Labute approximate surface area is 102 Å². The third-order valence-electron chi connectivity index (χ3n) is 2.32. The van der Waals surface area contributed by atoms with Gasteiger partial charge in [-0.15, -0.1) is 0 Å². The molecule has 0 aliphatic carbocycles. The van der Waals surface area contributed by atoms with Crippen molar-refractivity contribution in [3.63, 3.8) is 0 Å². The molecule has 84 valence electrons. The van der Waals surface area contributed by atoms with Crippen LogP contribution in [0.3, 0.4) is 0 Å². The van der Waals surface area contributed by atoms with Crippen LogP contribution in [-0.2, 0) is 0 Å². The smallest absolute Gasteiger partial charge is 0.222 e. The van der Waals surface area contributed by atoms with Crippen LogP contribution >= 0.6 is 11.3 Å². The summed E-state index contributed by atoms with van der Waals surface area (Å²) in [5.41, 5.74) is 5.89. The van der Waals surface area contributed by atoms with E-state index in [9.17, 15) is 0 Å². The summed E-state index contributed by atoms with van der Waals surface area (Å²) in [6, 6.07) is 9.88. The number of hydrogen-bond donors (Lipinski definition) is 2. The van der Waals surface area contributed by atoms with Gasteiger partial charge in [-0.3, -0.25) is 0 Å². The van der Waals surface area contributed by atoms with Crippen LogP contribution in [0.1, 0.15) is 5.56 Å². The number of H-pyrrole nitrogens is 1. The van der Waals surface area contributed by atoms with Crippen LogP contribution < -0.4 is 5.43 Å². The molecule has 3 rings (SSSR count). The van der Waals surface area contributed by atoms with Crippen molar-refractivity contribution in [2.75, 3.05) is 5.43 Å². The molecule has 0 fully saturated rings. The van der Waals surface area contributed by atoms with Gasteiger partial charge < -0.3 is 4.98 Å². The van der Waals surface area contributed by atoms with E-state index >= 15 is 0 Å². The van der Waals surface area contributed by atoms with Crippen molar-refractivity contribution < 1.29 is 0 Å². The third kappa shape index (κ3) is 2.19. The molecule has 0 bridgehead atoms. The molecule has 17 heavy (non-hydrogen) atoms. The van der Waals surface area contributed by atoms with Gasteiger partial charge in [0.1, 0.15) is 0 Å². The lowest BCUT2D eigenvalue weighted by atomic mass is 10.3. The predicted molar refractivity (Wildman–Crippen MR) is 71.6 cm³/mol. The van der Waals surface area contributed by atoms with Gasteiger partial charge in [0, 0.05) is 5.56 Å². The highest BCUT2D eigenvalue weighted by atomic mass is 32.1. The summed E-state index contributed by atoms with van der Waals surface area (Å²) in [6.07, 6.45) is 1.77. The van der Waals surface area contributed by atoms with Crippen LogP contribution in [0, 0.1) is 0 Å². The number of hydrogen-bond acceptors (Lipinski definition) is 4. The van der Waals surface area contributed by atoms with Gasteiger partial charge in [-0.05, 0) is 29.0 Å². The first kappa shape index (κ1) is 10.0. The minimum absolute atomic E-state index is 0.651. The van der Waals surface area contributed by atoms with Gasteiger partial charge in [-0.1, -0.05) is 12.1 Å². The monoisotopic (exact) mass is 242 g/mol. The second kappa shape index (κ2) is 4.39. The van der Waals surface area contributed by atoms with Crippen molar-refractivity contribution in [3.8, 4) is 0 Å². The highest BCUT2D eigenvalue weighted by molar-refractivity contribution is 7.08. The van der Waals surface area contributed by atoms with Crippen LogP contribution in [0.2, 0.25) is 0 Å². The average Bonchev–Trinajstić information content (AvgIpc) is 2.96. The minimum Gasteiger partial charge on any atom is -0.323 e. The maximum atomic E-state index is 4.35. The van der Waals surface area contributed by atoms with Crippen molar-refractivity contribution in [2.24, 2.45) is 5.10 Å². The maximum Gasteiger partial charge on any atom is 0.222 e. The largest absolute Gasteiger partial charge is 0.323 e. The molecule has 2 heterocycles. The number of imidazole rings is 1. The summed E-state index contributed by atoms with van der Waals surface area (Å²) in [6.45, 7) is 0. The molecule has 0 amide bonds. The first-order chi connectivity index (χ1) is 8.42. The fraction of sp³-hybridized carbons (Fsp3) is 0. The van der Waals surface area contributed by atoms with Gasteiger partial charge in [0.2, 0.25) is 5.95 Å². The van der Waals surface area contributed by atoms with E-state index < -0.39 is 0 Å². The quantitative estimate of drug-likeness (QED) is 0.548. The van der Waals surface area contributed by atoms with Gasteiger partial charge in [0.25, 0.3) is 0 Å². The third-order valence-corrected chi connectivity index (χ3v) is 3.02. The number of benzene rings is 1. The highest BCUT2D eigenvalue weighted by Gasteiger charge is 1.99. The molecule has 0 spiro atoms. The Morgan fingerprint density at radius 1 is 1.29 bits per heavy atom. The lowest BCUT2D eigenvalue weighted by molar-refractivity contribution is 1.22. The summed E-state index contributed by atoms with van der Waals surface area (Å²) in [5, 5.41) is 8.17. The van der Waals surface area contributed by atoms with E-state index in [4.69, 9.17) is 0 Å². The zero-order valence-corrected chi connectivity index (χ0v) is 9.74. The molecule has 0 aliphatic rings. The van der Waals surface area contributed by atoms with E-state index in [1.54, 1.807) is 17.6 Å². The van der Waals surface area contributed by atoms with Crippen molar-refractivity contribution in [2.45, 2.75) is 0 Å². The molecule has 0 aliphatic heterocycles. The van der Waals surface area contributed by atoms with Crippen LogP contribution in [0.25, 0.3) is 11.0 Å². The second-order valence-corrected chi connectivity index (χ2v) is 4.31. The Bertz CT molecular complexity index is 606. The number of thiophene rings is 1. The molecule has 4 nitrogen and oxygen atoms in total. The first-order valence-corrected chi connectivity index (χ1v) is 6.12. The lowest BCUT2D eigenvalue weighted by Gasteiger charge is -1.91. The van der Waals surface area contributed by atoms with E-state index in [0.29, 0.717) is 5.95 Å². The zero-order chi connectivity index (χ0) is 11.5. The Balaban J connectivity index is 1.77. The Morgan fingerprint density at radius 3 is 3.06 bits per heavy atom. The molecule has 0 unspecified atom stereocenters. The number of rotatable bonds is 3. The molecule has 0 saturated carbocycles. The number of hydrazone groups is 1. The summed E-state index contributed by atoms with van der Waals surface area (Å²) in [7, 11) is 0. The second-order valence-electron chi connectivity index (χ2n) is 3.53. The van der Waals surface area contributed by atoms with Gasteiger partial charge in [0.05, 0.1) is 17.2 Å². The Morgan fingerprint density at radius 2 is 2.24 bits per heavy atom. The fourth-order valence-corrected chi connectivity index (χ4v) is 2.13. The summed E-state index contributed by atoms with van der Waals surface area (Å²) in [4.78, 5) is 7.50. The molecule has 0 saturated heterocycles. The molecule has 1 aromatic carbocycles. The minimum atomic E-state index is 0.651. The normalized spacial score (nSPS) is 11.3. The van der Waals surface area contributed by atoms with E-state index in [0.717, 1.165) is 16.6 Å². The van der Waals surface area contributed by atoms with Crippen LogP contribution in [0.15, 0.2) is 46.2 Å². The van der Waals surface area contributed by atoms with Crippen LogP contribution in [0.4, 0.5) is 5.95 Å². The van der Waals surface area contributed by atoms with E-state index in [2.05, 4.69) is 20.5 Å². The number of fused-ring (bicyclic) bond motifs is 1. The van der Waals surface area contributed by atoms with E-state index in [-0.39, 0.29) is 0 Å². The number of aromatic amines is 1. The van der Waals surface area contributed by atoms with Gasteiger partial charge >= 0.3 is 0 Å². The Hall–Kier alpha value is -2.14. The summed E-state index contributed by atoms with van der Waals surface area (Å²) >= 11 is 1.65. The standard InChI is InChI=1S/C12H10N4S/c1-2-4-11-10(3-1)14-12(15-11)16-13-7-9-5-6-17-8-9/h1-8H,(H2,14,15,16)/b13-7-. The van der Waals surface area contributed by atoms with E-state index in [1.807, 2.05) is 41.1 Å². The van der Waals surface area contributed by atoms with Crippen molar-refractivity contribution in [3.05, 3.63) is 46.7 Å². The number of para-hydroxylation sites is 2. The van der Waals surface area contributed by atoms with Crippen LogP contribution in [0.5, 0.6) is 0 Å². The molecule has 2 N–H and O–H groups in total. The number of anilines is 1. The van der Waals surface area contributed by atoms with Crippen LogP contribution in [-0.4, -0.2) is 16.2 Å². The molecular weight excluding hydrogens is 232 g/mol. The van der Waals surface area contributed by atoms with Gasteiger partial charge in [-0.25, -0.2) is 10.4 Å². The number of nitrogens with zero attached hydrogens (tertiary/aromatic N) is 2. The molecule has 5 heteroatoms. The average molecular weight is 242 g/mol. The summed E-state index contributed by atoms with van der Waals surface area (Å²) in [5.74, 6) is 0.651. The molecule has 2 aromatic heterocycles. The number of aromatic nitrogens is 2. The van der Waals surface area contributed by atoms with Crippen molar-refractivity contribution in [1.29, 1.82) is 0 Å². The SMILES string of the molecule is C(=N/Nc1nc2ccccc2[nH]1)/c1ccsc1. The fourth-order valence-electron chi connectivity index (χ4n) is 1.52.